The van der Waals surface area contributed by atoms with E-state index in [9.17, 15) is 5.11 Å². The van der Waals surface area contributed by atoms with E-state index in [1.165, 1.54) is 12.8 Å². The van der Waals surface area contributed by atoms with Gasteiger partial charge in [0.15, 0.2) is 0 Å². The van der Waals surface area contributed by atoms with E-state index in [0.717, 1.165) is 36.7 Å². The second-order valence-corrected chi connectivity index (χ2v) is 4.54. The summed E-state index contributed by atoms with van der Waals surface area (Å²) in [6.07, 6.45) is 4.20. The molecular formula is C14H20O2. The monoisotopic (exact) mass is 220 g/mol. The Kier molecular flexibility index (Phi) is 3.83. The van der Waals surface area contributed by atoms with Crippen LogP contribution in [-0.4, -0.2) is 11.7 Å². The maximum Gasteiger partial charge on any atom is 0.125 e. The van der Waals surface area contributed by atoms with Crippen molar-refractivity contribution in [1.29, 1.82) is 0 Å². The van der Waals surface area contributed by atoms with Gasteiger partial charge < -0.3 is 9.84 Å². The lowest BCUT2D eigenvalue weighted by Gasteiger charge is -2.14. The van der Waals surface area contributed by atoms with Gasteiger partial charge in [-0.2, -0.15) is 0 Å². The van der Waals surface area contributed by atoms with Crippen LogP contribution in [0.2, 0.25) is 0 Å². The third kappa shape index (κ3) is 2.99. The zero-order valence-corrected chi connectivity index (χ0v) is 9.86. The molecule has 0 aliphatic heterocycles. The van der Waals surface area contributed by atoms with Gasteiger partial charge in [0.05, 0.1) is 12.7 Å². The highest BCUT2D eigenvalue weighted by atomic mass is 16.5. The number of benzene rings is 1. The molecule has 2 rings (SSSR count). The molecule has 1 aromatic rings. The van der Waals surface area contributed by atoms with Crippen LogP contribution < -0.4 is 4.74 Å². The molecule has 1 atom stereocenters. The van der Waals surface area contributed by atoms with Gasteiger partial charge in [0, 0.05) is 5.56 Å². The molecule has 0 radical (unpaired) electrons. The zero-order chi connectivity index (χ0) is 11.4. The van der Waals surface area contributed by atoms with E-state index in [-0.39, 0.29) is 0 Å². The quantitative estimate of drug-likeness (QED) is 0.797. The Labute approximate surface area is 97.3 Å². The summed E-state index contributed by atoms with van der Waals surface area (Å²) in [5, 5.41) is 9.85. The van der Waals surface area contributed by atoms with Gasteiger partial charge in [-0.25, -0.2) is 0 Å². The third-order valence-electron chi connectivity index (χ3n) is 3.15. The van der Waals surface area contributed by atoms with Crippen molar-refractivity contribution in [2.75, 3.05) is 6.61 Å². The van der Waals surface area contributed by atoms with E-state index in [1.54, 1.807) is 0 Å². The number of hydrogen-bond acceptors (Lipinski definition) is 2. The van der Waals surface area contributed by atoms with Crippen LogP contribution in [0.5, 0.6) is 5.75 Å². The molecule has 0 spiro atoms. The van der Waals surface area contributed by atoms with E-state index >= 15 is 0 Å². The predicted octanol–water partition coefficient (Wildman–Crippen LogP) is 3.31. The number of aliphatic hydroxyl groups excluding tert-OH is 1. The predicted molar refractivity (Wildman–Crippen MR) is 64.5 cm³/mol. The number of ether oxygens (including phenoxy) is 1. The molecule has 1 N–H and O–H groups in total. The Morgan fingerprint density at radius 2 is 2.12 bits per heavy atom. The molecule has 0 heterocycles. The van der Waals surface area contributed by atoms with Gasteiger partial charge in [-0.15, -0.1) is 0 Å². The Hall–Kier alpha value is -1.02. The van der Waals surface area contributed by atoms with Crippen LogP contribution in [0.1, 0.15) is 44.3 Å². The maximum absolute atomic E-state index is 9.85. The molecule has 1 fully saturated rings. The average Bonchev–Trinajstić information content (AvgIpc) is 3.13. The molecule has 16 heavy (non-hydrogen) atoms. The lowest BCUT2D eigenvalue weighted by Crippen LogP contribution is -2.03. The summed E-state index contributed by atoms with van der Waals surface area (Å²) in [5.74, 6) is 1.74. The Balaban J connectivity index is 1.94. The van der Waals surface area contributed by atoms with Crippen LogP contribution in [0.4, 0.5) is 0 Å². The fraction of sp³-hybridized carbons (Fsp3) is 0.571. The van der Waals surface area contributed by atoms with Crippen molar-refractivity contribution in [3.05, 3.63) is 29.8 Å². The first-order valence-electron chi connectivity index (χ1n) is 6.21. The molecule has 0 bridgehead atoms. The molecule has 0 amide bonds. The van der Waals surface area contributed by atoms with E-state index in [1.807, 2.05) is 31.2 Å². The van der Waals surface area contributed by atoms with Gasteiger partial charge in [-0.1, -0.05) is 38.0 Å². The summed E-state index contributed by atoms with van der Waals surface area (Å²) in [4.78, 5) is 0. The Morgan fingerprint density at radius 3 is 2.81 bits per heavy atom. The first-order valence-corrected chi connectivity index (χ1v) is 6.21. The van der Waals surface area contributed by atoms with Crippen LogP contribution in [0.3, 0.4) is 0 Å². The molecule has 1 aliphatic rings. The SMILES string of the molecule is CC[C@@H](O)c1ccccc1OCCC1CC1. The number of aliphatic hydroxyl groups is 1. The minimum Gasteiger partial charge on any atom is -0.493 e. The number of para-hydroxylation sites is 1. The fourth-order valence-electron chi connectivity index (χ4n) is 1.85. The summed E-state index contributed by atoms with van der Waals surface area (Å²) >= 11 is 0. The van der Waals surface area contributed by atoms with Crippen molar-refractivity contribution in [3.63, 3.8) is 0 Å². The third-order valence-corrected chi connectivity index (χ3v) is 3.15. The second kappa shape index (κ2) is 5.35. The van der Waals surface area contributed by atoms with Gasteiger partial charge in [0.1, 0.15) is 5.75 Å². The zero-order valence-electron chi connectivity index (χ0n) is 9.86. The normalized spacial score (nSPS) is 17.1. The average molecular weight is 220 g/mol. The minimum absolute atomic E-state index is 0.405. The summed E-state index contributed by atoms with van der Waals surface area (Å²) in [6, 6.07) is 7.79. The summed E-state index contributed by atoms with van der Waals surface area (Å²) in [6.45, 7) is 2.75. The standard InChI is InChI=1S/C14H20O2/c1-2-13(15)12-5-3-4-6-14(12)16-10-9-11-7-8-11/h3-6,11,13,15H,2,7-10H2,1H3/t13-/m1/s1. The van der Waals surface area contributed by atoms with Crippen LogP contribution in [0, 0.1) is 5.92 Å². The minimum atomic E-state index is -0.405. The van der Waals surface area contributed by atoms with Crippen molar-refractivity contribution in [1.82, 2.24) is 0 Å². The van der Waals surface area contributed by atoms with Crippen LogP contribution in [0.15, 0.2) is 24.3 Å². The van der Waals surface area contributed by atoms with Crippen LogP contribution in [0.25, 0.3) is 0 Å². The highest BCUT2D eigenvalue weighted by molar-refractivity contribution is 5.34. The first-order chi connectivity index (χ1) is 7.81. The Morgan fingerprint density at radius 1 is 1.38 bits per heavy atom. The summed E-state index contributed by atoms with van der Waals surface area (Å²) < 4.78 is 5.75. The summed E-state index contributed by atoms with van der Waals surface area (Å²) in [7, 11) is 0. The molecule has 0 aromatic heterocycles. The molecule has 1 saturated carbocycles. The van der Waals surface area contributed by atoms with Gasteiger partial charge in [-0.3, -0.25) is 0 Å². The Bertz CT molecular complexity index is 331. The van der Waals surface area contributed by atoms with Crippen molar-refractivity contribution in [2.45, 2.75) is 38.7 Å². The lowest BCUT2D eigenvalue weighted by molar-refractivity contribution is 0.166. The van der Waals surface area contributed by atoms with Gasteiger partial charge in [0.25, 0.3) is 0 Å². The maximum atomic E-state index is 9.85. The molecule has 0 saturated heterocycles. The van der Waals surface area contributed by atoms with E-state index in [2.05, 4.69) is 0 Å². The largest absolute Gasteiger partial charge is 0.493 e. The van der Waals surface area contributed by atoms with Gasteiger partial charge >= 0.3 is 0 Å². The number of hydrogen-bond donors (Lipinski definition) is 1. The highest BCUT2D eigenvalue weighted by Gasteiger charge is 2.21. The highest BCUT2D eigenvalue weighted by Crippen LogP contribution is 2.33. The van der Waals surface area contributed by atoms with Crippen LogP contribution >= 0.6 is 0 Å². The van der Waals surface area contributed by atoms with E-state index < -0.39 is 6.10 Å². The molecular weight excluding hydrogens is 200 g/mol. The van der Waals surface area contributed by atoms with E-state index in [0.29, 0.717) is 0 Å². The second-order valence-electron chi connectivity index (χ2n) is 4.54. The van der Waals surface area contributed by atoms with Gasteiger partial charge in [-0.05, 0) is 24.8 Å². The first kappa shape index (κ1) is 11.5. The summed E-state index contributed by atoms with van der Waals surface area (Å²) in [5.41, 5.74) is 0.917. The molecule has 1 aromatic carbocycles. The molecule has 1 aliphatic carbocycles. The molecule has 2 nitrogen and oxygen atoms in total. The lowest BCUT2D eigenvalue weighted by atomic mass is 10.1. The molecule has 2 heteroatoms. The topological polar surface area (TPSA) is 29.5 Å². The van der Waals surface area contributed by atoms with Crippen molar-refractivity contribution < 1.29 is 9.84 Å². The molecule has 0 unspecified atom stereocenters. The van der Waals surface area contributed by atoms with Crippen molar-refractivity contribution in [3.8, 4) is 5.75 Å². The van der Waals surface area contributed by atoms with Gasteiger partial charge in [0.2, 0.25) is 0 Å². The smallest absolute Gasteiger partial charge is 0.125 e. The van der Waals surface area contributed by atoms with Crippen molar-refractivity contribution in [2.24, 2.45) is 5.92 Å². The fourth-order valence-corrected chi connectivity index (χ4v) is 1.85. The number of rotatable bonds is 6. The van der Waals surface area contributed by atoms with E-state index in [4.69, 9.17) is 4.74 Å². The van der Waals surface area contributed by atoms with Crippen molar-refractivity contribution >= 4 is 0 Å². The molecule has 88 valence electrons. The van der Waals surface area contributed by atoms with Crippen LogP contribution in [-0.2, 0) is 0 Å².